The van der Waals surface area contributed by atoms with Crippen molar-refractivity contribution in [3.05, 3.63) is 0 Å². The van der Waals surface area contributed by atoms with Crippen molar-refractivity contribution in [2.24, 2.45) is 0 Å². The van der Waals surface area contributed by atoms with E-state index in [1.54, 1.807) is 0 Å². The summed E-state index contributed by atoms with van der Waals surface area (Å²) in [5, 5.41) is 0. The van der Waals surface area contributed by atoms with Crippen molar-refractivity contribution in [1.29, 1.82) is 0 Å². The molecule has 0 aromatic heterocycles. The third-order valence-corrected chi connectivity index (χ3v) is 0.401. The molecule has 0 unspecified atom stereocenters. The van der Waals surface area contributed by atoms with Gasteiger partial charge in [0.15, 0.2) is 0 Å². The van der Waals surface area contributed by atoms with E-state index < -0.39 is 12.6 Å². The van der Waals surface area contributed by atoms with Crippen molar-refractivity contribution >= 4 is 0 Å². The Morgan fingerprint density at radius 3 is 1.43 bits per heavy atom. The molecule has 0 N–H and O–H groups in total. The minimum Gasteiger partial charge on any atom is -0.171 e. The zero-order chi connectivity index (χ0) is 5.21. The molecule has 0 nitrogen and oxygen atoms in total. The fraction of sp³-hybridized carbons (Fsp3) is 1.00. The largest absolute Gasteiger partial charge is 0.388 e. The zero-order valence-corrected chi connectivity index (χ0v) is 7.02. The van der Waals surface area contributed by atoms with Crippen molar-refractivity contribution in [3.63, 3.8) is 0 Å². The Kier molecular flexibility index (Phi) is 5.08. The first-order valence-electron chi connectivity index (χ1n) is 1.63. The number of halogens is 3. The molecule has 7 heavy (non-hydrogen) atoms. The van der Waals surface area contributed by atoms with Crippen LogP contribution in [0.3, 0.4) is 0 Å². The molecular formula is C3H5F3Zn. The maximum Gasteiger partial charge on any atom is 0.388 e. The molecule has 0 spiro atoms. The SMILES string of the molecule is CCC(F)(F)F.[Zn]. The smallest absolute Gasteiger partial charge is 0.171 e. The van der Waals surface area contributed by atoms with E-state index in [4.69, 9.17) is 0 Å². The molecule has 0 aliphatic rings. The molecule has 0 aromatic carbocycles. The molecule has 0 aromatic rings. The summed E-state index contributed by atoms with van der Waals surface area (Å²) >= 11 is 0. The van der Waals surface area contributed by atoms with Crippen LogP contribution in [0.2, 0.25) is 0 Å². The van der Waals surface area contributed by atoms with Crippen LogP contribution in [-0.4, -0.2) is 6.18 Å². The normalized spacial score (nSPS) is 10.3. The van der Waals surface area contributed by atoms with Gasteiger partial charge in [-0.1, -0.05) is 6.92 Å². The molecule has 40 valence electrons. The summed E-state index contributed by atoms with van der Waals surface area (Å²) in [6, 6.07) is 0. The second-order valence-corrected chi connectivity index (χ2v) is 0.969. The van der Waals surface area contributed by atoms with Crippen molar-refractivity contribution < 1.29 is 32.6 Å². The third kappa shape index (κ3) is 10.7. The molecule has 0 saturated carbocycles. The van der Waals surface area contributed by atoms with Gasteiger partial charge in [0.25, 0.3) is 0 Å². The van der Waals surface area contributed by atoms with Gasteiger partial charge in [-0.05, 0) is 0 Å². The van der Waals surface area contributed by atoms with Gasteiger partial charge in [0.05, 0.1) is 0 Å². The van der Waals surface area contributed by atoms with E-state index in [9.17, 15) is 13.2 Å². The van der Waals surface area contributed by atoms with E-state index in [0.29, 0.717) is 0 Å². The Balaban J connectivity index is 0. The summed E-state index contributed by atoms with van der Waals surface area (Å²) in [4.78, 5) is 0. The molecule has 0 radical (unpaired) electrons. The molecule has 0 saturated heterocycles. The van der Waals surface area contributed by atoms with Gasteiger partial charge in [0.2, 0.25) is 0 Å². The molecule has 0 rings (SSSR count). The van der Waals surface area contributed by atoms with Crippen LogP contribution >= 0.6 is 0 Å². The Morgan fingerprint density at radius 2 is 1.43 bits per heavy atom. The van der Waals surface area contributed by atoms with E-state index in [2.05, 4.69) is 0 Å². The predicted molar refractivity (Wildman–Crippen MR) is 16.3 cm³/mol. The fourth-order valence-corrected chi connectivity index (χ4v) is 0. The summed E-state index contributed by atoms with van der Waals surface area (Å²) in [6.07, 6.45) is -4.69. The number of hydrogen-bond acceptors (Lipinski definition) is 0. The zero-order valence-electron chi connectivity index (χ0n) is 4.05. The summed E-state index contributed by atoms with van der Waals surface area (Å²) in [7, 11) is 0. The quantitative estimate of drug-likeness (QED) is 0.479. The molecule has 0 fully saturated rings. The number of hydrogen-bond donors (Lipinski definition) is 0. The van der Waals surface area contributed by atoms with Gasteiger partial charge in [0, 0.05) is 25.9 Å². The van der Waals surface area contributed by atoms with Crippen molar-refractivity contribution in [2.45, 2.75) is 19.5 Å². The van der Waals surface area contributed by atoms with Gasteiger partial charge in [-0.3, -0.25) is 0 Å². The van der Waals surface area contributed by atoms with Crippen LogP contribution in [0.15, 0.2) is 0 Å². The van der Waals surface area contributed by atoms with Crippen molar-refractivity contribution in [2.75, 3.05) is 0 Å². The number of rotatable bonds is 0. The first kappa shape index (κ1) is 10.4. The third-order valence-electron chi connectivity index (χ3n) is 0.401. The van der Waals surface area contributed by atoms with Crippen LogP contribution in [0.25, 0.3) is 0 Å². The van der Waals surface area contributed by atoms with Gasteiger partial charge in [-0.2, -0.15) is 13.2 Å². The van der Waals surface area contributed by atoms with Crippen molar-refractivity contribution in [3.8, 4) is 0 Å². The Hall–Kier alpha value is 0.413. The Morgan fingerprint density at radius 1 is 1.29 bits per heavy atom. The molecule has 0 heterocycles. The van der Waals surface area contributed by atoms with E-state index in [1.807, 2.05) is 0 Å². The van der Waals surface area contributed by atoms with Gasteiger partial charge >= 0.3 is 6.18 Å². The summed E-state index contributed by atoms with van der Waals surface area (Å²) in [6.45, 7) is 1.08. The minimum absolute atomic E-state index is 0. The standard InChI is InChI=1S/C3H5F3.Zn/c1-2-3(4,5)6;/h2H2,1H3;. The van der Waals surface area contributed by atoms with E-state index >= 15 is 0 Å². The van der Waals surface area contributed by atoms with E-state index in [0.717, 1.165) is 6.92 Å². The summed E-state index contributed by atoms with van der Waals surface area (Å²) < 4.78 is 32.4. The molecule has 0 amide bonds. The van der Waals surface area contributed by atoms with Crippen LogP contribution in [0.4, 0.5) is 13.2 Å². The summed E-state index contributed by atoms with van der Waals surface area (Å²) in [5.41, 5.74) is 0. The first-order chi connectivity index (χ1) is 2.56. The molecule has 4 heteroatoms. The van der Waals surface area contributed by atoms with Crippen LogP contribution in [0.5, 0.6) is 0 Å². The van der Waals surface area contributed by atoms with Crippen LogP contribution in [-0.2, 0) is 19.5 Å². The molecule has 0 aliphatic heterocycles. The topological polar surface area (TPSA) is 0 Å². The van der Waals surface area contributed by atoms with Crippen LogP contribution < -0.4 is 0 Å². The Bertz CT molecular complexity index is 39.9. The molecule has 0 aliphatic carbocycles. The van der Waals surface area contributed by atoms with Gasteiger partial charge in [-0.25, -0.2) is 0 Å². The summed E-state index contributed by atoms with van der Waals surface area (Å²) in [5.74, 6) is 0. The molecular weight excluding hydrogens is 158 g/mol. The van der Waals surface area contributed by atoms with Gasteiger partial charge in [-0.15, -0.1) is 0 Å². The van der Waals surface area contributed by atoms with E-state index in [1.165, 1.54) is 0 Å². The second-order valence-electron chi connectivity index (χ2n) is 0.969. The average Bonchev–Trinajstić information content (AvgIpc) is 1.35. The van der Waals surface area contributed by atoms with Gasteiger partial charge < -0.3 is 0 Å². The first-order valence-corrected chi connectivity index (χ1v) is 1.63. The Labute approximate surface area is 52.8 Å². The van der Waals surface area contributed by atoms with Crippen LogP contribution in [0, 0.1) is 0 Å². The van der Waals surface area contributed by atoms with E-state index in [-0.39, 0.29) is 19.5 Å². The van der Waals surface area contributed by atoms with Gasteiger partial charge in [0.1, 0.15) is 0 Å². The average molecular weight is 163 g/mol. The van der Waals surface area contributed by atoms with Crippen molar-refractivity contribution in [1.82, 2.24) is 0 Å². The van der Waals surface area contributed by atoms with Crippen LogP contribution in [0.1, 0.15) is 13.3 Å². The molecule has 0 atom stereocenters. The fourth-order valence-electron chi connectivity index (χ4n) is 0. The molecule has 0 bridgehead atoms. The monoisotopic (exact) mass is 162 g/mol. The predicted octanol–water partition coefficient (Wildman–Crippen LogP) is 1.96. The number of alkyl halides is 3. The second kappa shape index (κ2) is 3.42. The maximum atomic E-state index is 10.8. The minimum atomic E-state index is -3.96. The maximum absolute atomic E-state index is 10.8.